The maximum atomic E-state index is 6.26. The first-order valence-electron chi connectivity index (χ1n) is 9.35. The monoisotopic (exact) mass is 433 g/mol. The van der Waals surface area contributed by atoms with Gasteiger partial charge in [-0.15, -0.1) is 5.10 Å². The molecule has 0 bridgehead atoms. The third-order valence-corrected chi connectivity index (χ3v) is 5.48. The summed E-state index contributed by atoms with van der Waals surface area (Å²) in [5, 5.41) is 16.4. The zero-order chi connectivity index (χ0) is 20.5. The number of hydrogen-bond acceptors (Lipinski definition) is 7. The smallest absolute Gasteiger partial charge is 0.209 e. The van der Waals surface area contributed by atoms with Crippen molar-refractivity contribution in [3.63, 3.8) is 0 Å². The second kappa shape index (κ2) is 11.0. The van der Waals surface area contributed by atoms with Gasteiger partial charge in [-0.2, -0.15) is 0 Å². The number of para-hydroxylation sites is 1. The zero-order valence-electron chi connectivity index (χ0n) is 16.5. The number of nitrogens with zero attached hydrogens (tertiary/aromatic N) is 4. The van der Waals surface area contributed by atoms with E-state index >= 15 is 0 Å². The fourth-order valence-electron chi connectivity index (χ4n) is 2.68. The van der Waals surface area contributed by atoms with Crippen LogP contribution in [0.5, 0.6) is 11.5 Å². The molecule has 1 aromatic heterocycles. The lowest BCUT2D eigenvalue weighted by Gasteiger charge is -2.17. The van der Waals surface area contributed by atoms with Crippen molar-refractivity contribution in [3.8, 4) is 11.5 Å². The molecule has 1 N–H and O–H groups in total. The highest BCUT2D eigenvalue weighted by Crippen LogP contribution is 2.32. The Morgan fingerprint density at radius 3 is 2.69 bits per heavy atom. The van der Waals surface area contributed by atoms with Gasteiger partial charge in [0.2, 0.25) is 5.16 Å². The van der Waals surface area contributed by atoms with Gasteiger partial charge in [-0.25, -0.2) is 4.68 Å². The molecule has 0 spiro atoms. The van der Waals surface area contributed by atoms with Crippen LogP contribution in [-0.4, -0.2) is 39.1 Å². The first-order chi connectivity index (χ1) is 14.2. The van der Waals surface area contributed by atoms with Crippen LogP contribution < -0.4 is 14.8 Å². The number of thioether (sulfide) groups is 1. The highest BCUT2D eigenvalue weighted by Gasteiger charge is 2.12. The van der Waals surface area contributed by atoms with E-state index in [9.17, 15) is 0 Å². The van der Waals surface area contributed by atoms with Crippen molar-refractivity contribution >= 4 is 23.4 Å². The van der Waals surface area contributed by atoms with E-state index in [4.69, 9.17) is 21.1 Å². The Balaban J connectivity index is 1.60. The maximum Gasteiger partial charge on any atom is 0.209 e. The predicted octanol–water partition coefficient (Wildman–Crippen LogP) is 3.72. The van der Waals surface area contributed by atoms with Crippen LogP contribution in [0.2, 0.25) is 5.02 Å². The summed E-state index contributed by atoms with van der Waals surface area (Å²) in [6.07, 6.45) is 0. The Bertz CT molecular complexity index is 921. The Labute approximate surface area is 179 Å². The molecule has 0 saturated carbocycles. The van der Waals surface area contributed by atoms with Gasteiger partial charge in [-0.1, -0.05) is 53.7 Å². The van der Waals surface area contributed by atoms with Crippen LogP contribution in [0.4, 0.5) is 0 Å². The van der Waals surface area contributed by atoms with Gasteiger partial charge in [-0.3, -0.25) is 0 Å². The van der Waals surface area contributed by atoms with E-state index in [1.165, 1.54) is 0 Å². The van der Waals surface area contributed by atoms with Crippen molar-refractivity contribution in [3.05, 3.63) is 58.6 Å². The number of aromatic nitrogens is 4. The Morgan fingerprint density at radius 2 is 1.93 bits per heavy atom. The van der Waals surface area contributed by atoms with Gasteiger partial charge in [0.25, 0.3) is 0 Å². The predicted molar refractivity (Wildman–Crippen MR) is 115 cm³/mol. The second-order valence-electron chi connectivity index (χ2n) is 6.17. The molecule has 3 aromatic rings. The Hall–Kier alpha value is -2.29. The van der Waals surface area contributed by atoms with E-state index in [2.05, 4.69) is 20.8 Å². The number of hydrogen-bond donors (Lipinski definition) is 1. The van der Waals surface area contributed by atoms with Crippen molar-refractivity contribution < 1.29 is 9.47 Å². The minimum Gasteiger partial charge on any atom is -0.490 e. The lowest BCUT2D eigenvalue weighted by molar-refractivity contribution is 0.266. The molecule has 0 aliphatic rings. The Kier molecular flexibility index (Phi) is 8.15. The maximum absolute atomic E-state index is 6.26. The zero-order valence-corrected chi connectivity index (χ0v) is 18.0. The summed E-state index contributed by atoms with van der Waals surface area (Å²) in [5.74, 6) is 2.33. The first-order valence-corrected chi connectivity index (χ1v) is 10.7. The van der Waals surface area contributed by atoms with Crippen molar-refractivity contribution in [1.29, 1.82) is 0 Å². The van der Waals surface area contributed by atoms with Crippen molar-refractivity contribution in [2.24, 2.45) is 7.05 Å². The van der Waals surface area contributed by atoms with E-state index in [0.29, 0.717) is 24.8 Å². The molecule has 0 fully saturated rings. The second-order valence-corrected chi connectivity index (χ2v) is 7.64. The third-order valence-electron chi connectivity index (χ3n) is 4.10. The lowest BCUT2D eigenvalue weighted by Crippen LogP contribution is -2.17. The summed E-state index contributed by atoms with van der Waals surface area (Å²) in [4.78, 5) is 0. The van der Waals surface area contributed by atoms with Gasteiger partial charge in [0.1, 0.15) is 6.61 Å². The normalized spacial score (nSPS) is 10.9. The van der Waals surface area contributed by atoms with Crippen LogP contribution in [-0.2, 0) is 20.2 Å². The summed E-state index contributed by atoms with van der Waals surface area (Å²) in [6.45, 7) is 4.38. The van der Waals surface area contributed by atoms with Crippen LogP contribution in [0.25, 0.3) is 0 Å². The molecule has 0 saturated heterocycles. The number of aryl methyl sites for hydroxylation is 1. The van der Waals surface area contributed by atoms with Gasteiger partial charge in [0.05, 0.1) is 6.61 Å². The Morgan fingerprint density at radius 1 is 1.10 bits per heavy atom. The van der Waals surface area contributed by atoms with Crippen LogP contribution in [0.3, 0.4) is 0 Å². The van der Waals surface area contributed by atoms with E-state index in [0.717, 1.165) is 40.1 Å². The van der Waals surface area contributed by atoms with Gasteiger partial charge >= 0.3 is 0 Å². The molecular weight excluding hydrogens is 410 g/mol. The quantitative estimate of drug-likeness (QED) is 0.365. The molecule has 2 aromatic carbocycles. The molecule has 9 heteroatoms. The van der Waals surface area contributed by atoms with Gasteiger partial charge in [-0.05, 0) is 29.5 Å². The number of halogens is 1. The van der Waals surface area contributed by atoms with Crippen LogP contribution in [0.15, 0.2) is 47.6 Å². The average Bonchev–Trinajstić information content (AvgIpc) is 3.13. The van der Waals surface area contributed by atoms with Crippen molar-refractivity contribution in [2.75, 3.05) is 18.9 Å². The number of tetrazole rings is 1. The molecule has 0 unspecified atom stereocenters. The molecular formula is C20H24ClN5O2S. The summed E-state index contributed by atoms with van der Waals surface area (Å²) in [5.41, 5.74) is 1.97. The molecule has 0 aliphatic heterocycles. The molecule has 0 aliphatic carbocycles. The summed E-state index contributed by atoms with van der Waals surface area (Å²) in [7, 11) is 1.83. The minimum absolute atomic E-state index is 0.381. The van der Waals surface area contributed by atoms with Crippen molar-refractivity contribution in [2.45, 2.75) is 25.2 Å². The average molecular weight is 434 g/mol. The number of nitrogens with one attached hydrogen (secondary N) is 1. The molecule has 0 atom stereocenters. The number of benzene rings is 2. The fourth-order valence-corrected chi connectivity index (χ4v) is 3.62. The van der Waals surface area contributed by atoms with Gasteiger partial charge in [0.15, 0.2) is 11.5 Å². The van der Waals surface area contributed by atoms with Gasteiger partial charge in [0, 0.05) is 42.0 Å². The molecule has 1 heterocycles. The minimum atomic E-state index is 0.381. The first kappa shape index (κ1) is 21.4. The molecule has 29 heavy (non-hydrogen) atoms. The largest absolute Gasteiger partial charge is 0.490 e. The highest BCUT2D eigenvalue weighted by molar-refractivity contribution is 7.99. The van der Waals surface area contributed by atoms with E-state index < -0.39 is 0 Å². The standard InChI is InChI=1S/C20H24ClN5O2S/c1-3-27-18-10-6-8-15(13-22-11-12-29-20-23-24-25-26(20)2)19(18)28-14-16-7-4-5-9-17(16)21/h4-10,22H,3,11-14H2,1-2H3. The summed E-state index contributed by atoms with van der Waals surface area (Å²) in [6, 6.07) is 13.6. The van der Waals surface area contributed by atoms with Crippen LogP contribution >= 0.6 is 23.4 Å². The SMILES string of the molecule is CCOc1cccc(CNCCSc2nnnn2C)c1OCc1ccccc1Cl. The molecule has 7 nitrogen and oxygen atoms in total. The van der Waals surface area contributed by atoms with Gasteiger partial charge < -0.3 is 14.8 Å². The molecule has 0 radical (unpaired) electrons. The summed E-state index contributed by atoms with van der Waals surface area (Å²) >= 11 is 7.87. The molecule has 0 amide bonds. The highest BCUT2D eigenvalue weighted by atomic mass is 35.5. The topological polar surface area (TPSA) is 74.1 Å². The van der Waals surface area contributed by atoms with Crippen LogP contribution in [0.1, 0.15) is 18.1 Å². The number of rotatable bonds is 11. The third kappa shape index (κ3) is 6.09. The molecule has 3 rings (SSSR count). The van der Waals surface area contributed by atoms with Crippen molar-refractivity contribution in [1.82, 2.24) is 25.5 Å². The van der Waals surface area contributed by atoms with E-state index in [1.807, 2.05) is 56.4 Å². The molecule has 154 valence electrons. The summed E-state index contributed by atoms with van der Waals surface area (Å²) < 4.78 is 13.6. The van der Waals surface area contributed by atoms with E-state index in [1.54, 1.807) is 16.4 Å². The fraction of sp³-hybridized carbons (Fsp3) is 0.350. The van der Waals surface area contributed by atoms with Crippen LogP contribution in [0, 0.1) is 0 Å². The lowest BCUT2D eigenvalue weighted by atomic mass is 10.1. The number of ether oxygens (including phenoxy) is 2. The van der Waals surface area contributed by atoms with E-state index in [-0.39, 0.29) is 0 Å².